The number of aromatic amines is 1. The van der Waals surface area contributed by atoms with Gasteiger partial charge in [-0.15, -0.1) is 0 Å². The highest BCUT2D eigenvalue weighted by Gasteiger charge is 2.21. The van der Waals surface area contributed by atoms with Crippen molar-refractivity contribution in [1.29, 1.82) is 0 Å². The molecule has 1 aromatic carbocycles. The molecule has 8 nitrogen and oxygen atoms in total. The van der Waals surface area contributed by atoms with E-state index in [0.717, 1.165) is 6.07 Å². The number of ether oxygens (including phenoxy) is 1. The van der Waals surface area contributed by atoms with E-state index in [4.69, 9.17) is 9.84 Å². The van der Waals surface area contributed by atoms with Gasteiger partial charge in [-0.05, 0) is 18.2 Å². The number of carbonyl (C=O) groups is 1. The van der Waals surface area contributed by atoms with E-state index < -0.39 is 16.0 Å². The Bertz CT molecular complexity index is 725. The Morgan fingerprint density at radius 1 is 1.40 bits per heavy atom. The molecule has 2 rings (SSSR count). The summed E-state index contributed by atoms with van der Waals surface area (Å²) in [4.78, 5) is 10.7. The van der Waals surface area contributed by atoms with E-state index in [0.29, 0.717) is 0 Å². The normalized spacial score (nSPS) is 11.1. The lowest BCUT2D eigenvalue weighted by Gasteiger charge is -2.10. The fourth-order valence-corrected chi connectivity index (χ4v) is 2.70. The van der Waals surface area contributed by atoms with Crippen LogP contribution in [0, 0.1) is 0 Å². The number of anilines is 1. The number of methoxy groups -OCH3 is 1. The van der Waals surface area contributed by atoms with Crippen molar-refractivity contribution in [2.45, 2.75) is 4.90 Å². The van der Waals surface area contributed by atoms with Crippen molar-refractivity contribution < 1.29 is 23.1 Å². The highest BCUT2D eigenvalue weighted by atomic mass is 32.2. The van der Waals surface area contributed by atoms with Crippen molar-refractivity contribution in [2.75, 3.05) is 11.8 Å². The summed E-state index contributed by atoms with van der Waals surface area (Å²) < 4.78 is 31.5. The zero-order valence-electron chi connectivity index (χ0n) is 10.3. The number of benzene rings is 1. The summed E-state index contributed by atoms with van der Waals surface area (Å²) in [6, 6.07) is 4.94. The number of hydrogen-bond donors (Lipinski definition) is 3. The first-order valence-corrected chi connectivity index (χ1v) is 6.86. The average molecular weight is 297 g/mol. The topological polar surface area (TPSA) is 121 Å². The number of rotatable bonds is 5. The van der Waals surface area contributed by atoms with Crippen molar-refractivity contribution in [3.63, 3.8) is 0 Å². The molecule has 1 heterocycles. The van der Waals surface area contributed by atoms with Crippen molar-refractivity contribution in [2.24, 2.45) is 0 Å². The highest BCUT2D eigenvalue weighted by molar-refractivity contribution is 7.92. The first-order chi connectivity index (χ1) is 9.44. The largest absolute Gasteiger partial charge is 0.495 e. The van der Waals surface area contributed by atoms with Crippen molar-refractivity contribution >= 4 is 21.8 Å². The average Bonchev–Trinajstić information content (AvgIpc) is 2.89. The second-order valence-corrected chi connectivity index (χ2v) is 5.40. The molecule has 0 radical (unpaired) electrons. The number of nitrogens with zero attached hydrogens (tertiary/aromatic N) is 1. The second-order valence-electron chi connectivity index (χ2n) is 3.75. The summed E-state index contributed by atoms with van der Waals surface area (Å²) in [5.74, 6) is -1.04. The molecule has 0 aliphatic carbocycles. The first kappa shape index (κ1) is 13.9. The van der Waals surface area contributed by atoms with E-state index in [-0.39, 0.29) is 22.0 Å². The molecule has 9 heteroatoms. The molecule has 3 N–H and O–H groups in total. The molecule has 0 amide bonds. The summed E-state index contributed by atoms with van der Waals surface area (Å²) in [6.45, 7) is 0. The molecular formula is C11H11N3O5S. The van der Waals surface area contributed by atoms with E-state index in [2.05, 4.69) is 14.9 Å². The minimum Gasteiger partial charge on any atom is -0.495 e. The van der Waals surface area contributed by atoms with Crippen LogP contribution >= 0.6 is 0 Å². The molecule has 0 aliphatic rings. The molecule has 0 aliphatic heterocycles. The number of H-pyrrole nitrogens is 1. The Morgan fingerprint density at radius 2 is 2.15 bits per heavy atom. The van der Waals surface area contributed by atoms with Crippen LogP contribution < -0.4 is 9.46 Å². The molecular weight excluding hydrogens is 286 g/mol. The van der Waals surface area contributed by atoms with Crippen LogP contribution in [0.3, 0.4) is 0 Å². The number of aromatic carboxylic acids is 1. The Balaban J connectivity index is 2.43. The SMILES string of the molecule is COc1cc(C(=O)O)ccc1S(=O)(=O)Nc1ccn[nH]1. The minimum absolute atomic E-state index is 0.0584. The van der Waals surface area contributed by atoms with Gasteiger partial charge in [0.1, 0.15) is 16.5 Å². The Labute approximate surface area is 114 Å². The number of carboxylic acids is 1. The van der Waals surface area contributed by atoms with Gasteiger partial charge in [0.05, 0.1) is 18.9 Å². The van der Waals surface area contributed by atoms with Crippen LogP contribution in [-0.2, 0) is 10.0 Å². The standard InChI is InChI=1S/C11H11N3O5S/c1-19-8-6-7(11(15)16)2-3-9(8)20(17,18)14-10-4-5-12-13-10/h2-6H,1H3,(H,15,16)(H2,12,13,14). The fourth-order valence-electron chi connectivity index (χ4n) is 1.54. The van der Waals surface area contributed by atoms with E-state index in [1.54, 1.807) is 0 Å². The van der Waals surface area contributed by atoms with Crippen LogP contribution in [0.25, 0.3) is 0 Å². The summed E-state index contributed by atoms with van der Waals surface area (Å²) in [7, 11) is -2.65. The van der Waals surface area contributed by atoms with E-state index in [9.17, 15) is 13.2 Å². The van der Waals surface area contributed by atoms with Gasteiger partial charge in [0.2, 0.25) is 0 Å². The molecule has 0 bridgehead atoms. The van der Waals surface area contributed by atoms with Gasteiger partial charge >= 0.3 is 5.97 Å². The molecule has 0 saturated carbocycles. The fraction of sp³-hybridized carbons (Fsp3) is 0.0909. The molecule has 0 saturated heterocycles. The van der Waals surface area contributed by atoms with E-state index in [1.165, 1.54) is 31.5 Å². The van der Waals surface area contributed by atoms with Crippen LogP contribution in [0.1, 0.15) is 10.4 Å². The molecule has 0 unspecified atom stereocenters. The second kappa shape index (κ2) is 5.21. The number of sulfonamides is 1. The molecule has 0 fully saturated rings. The zero-order valence-corrected chi connectivity index (χ0v) is 11.1. The third kappa shape index (κ3) is 2.72. The molecule has 106 valence electrons. The lowest BCUT2D eigenvalue weighted by Crippen LogP contribution is -2.15. The van der Waals surface area contributed by atoms with Gasteiger partial charge in [0.25, 0.3) is 10.0 Å². The highest BCUT2D eigenvalue weighted by Crippen LogP contribution is 2.26. The molecule has 2 aromatic rings. The van der Waals surface area contributed by atoms with Gasteiger partial charge in [-0.3, -0.25) is 9.82 Å². The quantitative estimate of drug-likeness (QED) is 0.754. The lowest BCUT2D eigenvalue weighted by atomic mass is 10.2. The van der Waals surface area contributed by atoms with Gasteiger partial charge in [0.15, 0.2) is 0 Å². The zero-order chi connectivity index (χ0) is 14.8. The van der Waals surface area contributed by atoms with Gasteiger partial charge in [-0.2, -0.15) is 5.10 Å². The summed E-state index contributed by atoms with van der Waals surface area (Å²) in [5.41, 5.74) is -0.0673. The number of nitrogens with one attached hydrogen (secondary N) is 2. The predicted molar refractivity (Wildman–Crippen MR) is 69.3 cm³/mol. The van der Waals surface area contributed by atoms with Crippen molar-refractivity contribution in [3.05, 3.63) is 36.0 Å². The summed E-state index contributed by atoms with van der Waals surface area (Å²) in [6.07, 6.45) is 1.39. The summed E-state index contributed by atoms with van der Waals surface area (Å²) >= 11 is 0. The third-order valence-electron chi connectivity index (χ3n) is 2.45. The maximum absolute atomic E-state index is 12.2. The number of aromatic nitrogens is 2. The number of hydrogen-bond acceptors (Lipinski definition) is 5. The molecule has 1 aromatic heterocycles. The minimum atomic E-state index is -3.91. The lowest BCUT2D eigenvalue weighted by molar-refractivity contribution is 0.0696. The Hall–Kier alpha value is -2.55. The maximum Gasteiger partial charge on any atom is 0.335 e. The van der Waals surface area contributed by atoms with Crippen LogP contribution in [0.2, 0.25) is 0 Å². The molecule has 20 heavy (non-hydrogen) atoms. The van der Waals surface area contributed by atoms with Gasteiger partial charge < -0.3 is 9.84 Å². The Kier molecular flexibility index (Phi) is 3.61. The molecule has 0 spiro atoms. The van der Waals surface area contributed by atoms with Crippen LogP contribution in [-0.4, -0.2) is 36.8 Å². The third-order valence-corrected chi connectivity index (χ3v) is 3.85. The van der Waals surface area contributed by atoms with E-state index in [1.807, 2.05) is 0 Å². The van der Waals surface area contributed by atoms with Crippen LogP contribution in [0.4, 0.5) is 5.82 Å². The predicted octanol–water partition coefficient (Wildman–Crippen LogP) is 0.917. The maximum atomic E-state index is 12.2. The Morgan fingerprint density at radius 3 is 2.70 bits per heavy atom. The van der Waals surface area contributed by atoms with E-state index >= 15 is 0 Å². The van der Waals surface area contributed by atoms with Crippen LogP contribution in [0.5, 0.6) is 5.75 Å². The van der Waals surface area contributed by atoms with Gasteiger partial charge in [-0.1, -0.05) is 0 Å². The monoisotopic (exact) mass is 297 g/mol. The van der Waals surface area contributed by atoms with Crippen LogP contribution in [0.15, 0.2) is 35.4 Å². The number of carboxylic acid groups (broad SMARTS) is 1. The molecule has 0 atom stereocenters. The van der Waals surface area contributed by atoms with Crippen molar-refractivity contribution in [1.82, 2.24) is 10.2 Å². The smallest absolute Gasteiger partial charge is 0.335 e. The van der Waals surface area contributed by atoms with Crippen molar-refractivity contribution in [3.8, 4) is 5.75 Å². The van der Waals surface area contributed by atoms with Gasteiger partial charge in [0, 0.05) is 6.07 Å². The summed E-state index contributed by atoms with van der Waals surface area (Å²) in [5, 5.41) is 14.9. The van der Waals surface area contributed by atoms with Gasteiger partial charge in [-0.25, -0.2) is 13.2 Å². The first-order valence-electron chi connectivity index (χ1n) is 5.37.